The van der Waals surface area contributed by atoms with Gasteiger partial charge in [-0.05, 0) is 24.3 Å². The van der Waals surface area contributed by atoms with Gasteiger partial charge in [0.05, 0.1) is 10.7 Å². The number of rotatable bonds is 4. The Hall–Kier alpha value is -1.47. The fourth-order valence-electron chi connectivity index (χ4n) is 2.28. The van der Waals surface area contributed by atoms with Gasteiger partial charge in [0.1, 0.15) is 0 Å². The molecule has 1 aliphatic heterocycles. The molecule has 1 aromatic carbocycles. The van der Waals surface area contributed by atoms with Gasteiger partial charge in [0.15, 0.2) is 0 Å². The van der Waals surface area contributed by atoms with Crippen molar-refractivity contribution in [3.05, 3.63) is 39.9 Å². The molecule has 0 N–H and O–H groups in total. The first-order valence-electron chi connectivity index (χ1n) is 6.59. The average Bonchev–Trinajstić information content (AvgIpc) is 2.39. The molecule has 0 saturated carbocycles. The Morgan fingerprint density at radius 3 is 2.30 bits per heavy atom. The Morgan fingerprint density at radius 2 is 1.80 bits per heavy atom. The highest BCUT2D eigenvalue weighted by molar-refractivity contribution is 7.88. The van der Waals surface area contributed by atoms with Gasteiger partial charge < -0.3 is 0 Å². The van der Waals surface area contributed by atoms with Crippen molar-refractivity contribution in [2.75, 3.05) is 13.1 Å². The fourth-order valence-corrected chi connectivity index (χ4v) is 3.84. The normalized spacial score (nSPS) is 18.1. The molecule has 0 aromatic heterocycles. The summed E-state index contributed by atoms with van der Waals surface area (Å²) < 4.78 is 26.1. The summed E-state index contributed by atoms with van der Waals surface area (Å²) in [6.45, 7) is 3.26. The second kappa shape index (κ2) is 5.88. The summed E-state index contributed by atoms with van der Waals surface area (Å²) in [7, 11) is -3.33. The van der Waals surface area contributed by atoms with Gasteiger partial charge in [-0.25, -0.2) is 12.7 Å². The van der Waals surface area contributed by atoms with Crippen molar-refractivity contribution in [2.24, 2.45) is 5.92 Å². The van der Waals surface area contributed by atoms with Crippen molar-refractivity contribution < 1.29 is 13.3 Å². The number of non-ortho nitro benzene ring substituents is 1. The maximum atomic E-state index is 12.3. The van der Waals surface area contributed by atoms with E-state index >= 15 is 0 Å². The molecule has 7 heteroatoms. The summed E-state index contributed by atoms with van der Waals surface area (Å²) in [5.74, 6) is 0.472. The number of nitro groups is 1. The molecule has 0 radical (unpaired) electrons. The smallest absolute Gasteiger partial charge is 0.258 e. The lowest BCUT2D eigenvalue weighted by atomic mass is 10.0. The van der Waals surface area contributed by atoms with Gasteiger partial charge in [-0.15, -0.1) is 0 Å². The van der Waals surface area contributed by atoms with Gasteiger partial charge in [-0.3, -0.25) is 10.1 Å². The lowest BCUT2D eigenvalue weighted by molar-refractivity contribution is -0.384. The Labute approximate surface area is 118 Å². The maximum Gasteiger partial charge on any atom is 0.269 e. The Kier molecular flexibility index (Phi) is 4.39. The van der Waals surface area contributed by atoms with Gasteiger partial charge in [0.25, 0.3) is 5.69 Å². The van der Waals surface area contributed by atoms with Crippen LogP contribution >= 0.6 is 0 Å². The third-order valence-corrected chi connectivity index (χ3v) is 5.48. The zero-order chi connectivity index (χ0) is 14.8. The molecule has 0 atom stereocenters. The van der Waals surface area contributed by atoms with Crippen molar-refractivity contribution >= 4 is 15.7 Å². The number of nitro benzene ring substituents is 1. The van der Waals surface area contributed by atoms with Crippen molar-refractivity contribution in [3.8, 4) is 0 Å². The molecule has 0 aliphatic carbocycles. The molecule has 2 rings (SSSR count). The van der Waals surface area contributed by atoms with Crippen LogP contribution in [0.25, 0.3) is 0 Å². The second-order valence-electron chi connectivity index (χ2n) is 5.26. The molecule has 0 bridgehead atoms. The molecule has 110 valence electrons. The highest BCUT2D eigenvalue weighted by atomic mass is 32.2. The van der Waals surface area contributed by atoms with E-state index in [1.807, 2.05) is 0 Å². The van der Waals surface area contributed by atoms with Crippen LogP contribution in [0.1, 0.15) is 25.3 Å². The molecule has 0 unspecified atom stereocenters. The molecule has 0 spiro atoms. The predicted molar refractivity (Wildman–Crippen MR) is 75.7 cm³/mol. The minimum atomic E-state index is -3.33. The van der Waals surface area contributed by atoms with Crippen molar-refractivity contribution in [3.63, 3.8) is 0 Å². The quantitative estimate of drug-likeness (QED) is 0.630. The molecule has 1 fully saturated rings. The number of hydrogen-bond donors (Lipinski definition) is 0. The number of piperidine rings is 1. The molecular weight excluding hydrogens is 280 g/mol. The molecule has 20 heavy (non-hydrogen) atoms. The highest BCUT2D eigenvalue weighted by Crippen LogP contribution is 2.21. The Morgan fingerprint density at radius 1 is 1.25 bits per heavy atom. The monoisotopic (exact) mass is 298 g/mol. The maximum absolute atomic E-state index is 12.3. The van der Waals surface area contributed by atoms with Gasteiger partial charge in [0, 0.05) is 25.2 Å². The first kappa shape index (κ1) is 14.9. The second-order valence-corrected chi connectivity index (χ2v) is 7.23. The van der Waals surface area contributed by atoms with Crippen molar-refractivity contribution in [2.45, 2.75) is 25.5 Å². The lowest BCUT2D eigenvalue weighted by Gasteiger charge is -2.29. The van der Waals surface area contributed by atoms with Gasteiger partial charge in [0.2, 0.25) is 10.0 Å². The molecule has 1 heterocycles. The molecule has 1 aromatic rings. The van der Waals surface area contributed by atoms with E-state index in [2.05, 4.69) is 6.92 Å². The van der Waals surface area contributed by atoms with E-state index in [0.29, 0.717) is 24.6 Å². The SMILES string of the molecule is CC1CCN(S(=O)(=O)Cc2ccc([N+](=O)[O-])cc2)CC1. The first-order chi connectivity index (χ1) is 9.38. The van der Waals surface area contributed by atoms with Crippen LogP contribution in [0.4, 0.5) is 5.69 Å². The fraction of sp³-hybridized carbons (Fsp3) is 0.538. The average molecular weight is 298 g/mol. The summed E-state index contributed by atoms with van der Waals surface area (Å²) in [5.41, 5.74) is 0.548. The zero-order valence-corrected chi connectivity index (χ0v) is 12.2. The Balaban J connectivity index is 2.06. The predicted octanol–water partition coefficient (Wildman–Crippen LogP) is 2.16. The number of hydrogen-bond acceptors (Lipinski definition) is 4. The molecule has 1 saturated heterocycles. The van der Waals surface area contributed by atoms with Crippen LogP contribution in [0.15, 0.2) is 24.3 Å². The minimum absolute atomic E-state index is 0.0297. The third-order valence-electron chi connectivity index (χ3n) is 3.63. The summed E-state index contributed by atoms with van der Waals surface area (Å²) in [6.07, 6.45) is 1.78. The van der Waals surface area contributed by atoms with Crippen LogP contribution in [-0.4, -0.2) is 30.7 Å². The van der Waals surface area contributed by atoms with E-state index in [-0.39, 0.29) is 11.4 Å². The van der Waals surface area contributed by atoms with Gasteiger partial charge in [-0.2, -0.15) is 0 Å². The van der Waals surface area contributed by atoms with E-state index < -0.39 is 14.9 Å². The largest absolute Gasteiger partial charge is 0.269 e. The molecular formula is C13H18N2O4S. The van der Waals surface area contributed by atoms with Crippen molar-refractivity contribution in [1.82, 2.24) is 4.31 Å². The van der Waals surface area contributed by atoms with Crippen LogP contribution in [0.3, 0.4) is 0 Å². The summed E-state index contributed by atoms with van der Waals surface area (Å²) in [4.78, 5) is 10.1. The van der Waals surface area contributed by atoms with Gasteiger partial charge >= 0.3 is 0 Å². The molecule has 6 nitrogen and oxygen atoms in total. The van der Waals surface area contributed by atoms with Crippen LogP contribution < -0.4 is 0 Å². The highest BCUT2D eigenvalue weighted by Gasteiger charge is 2.26. The van der Waals surface area contributed by atoms with E-state index in [0.717, 1.165) is 12.8 Å². The van der Waals surface area contributed by atoms with Crippen LogP contribution in [0, 0.1) is 16.0 Å². The van der Waals surface area contributed by atoms with Crippen LogP contribution in [0.5, 0.6) is 0 Å². The topological polar surface area (TPSA) is 80.5 Å². The van der Waals surface area contributed by atoms with E-state index in [4.69, 9.17) is 0 Å². The third kappa shape index (κ3) is 3.55. The van der Waals surface area contributed by atoms with Gasteiger partial charge in [-0.1, -0.05) is 19.1 Å². The minimum Gasteiger partial charge on any atom is -0.258 e. The van der Waals surface area contributed by atoms with E-state index in [9.17, 15) is 18.5 Å². The summed E-state index contributed by atoms with van der Waals surface area (Å²) in [5, 5.41) is 10.6. The molecule has 0 amide bonds. The van der Waals surface area contributed by atoms with E-state index in [1.165, 1.54) is 28.6 Å². The lowest BCUT2D eigenvalue weighted by Crippen LogP contribution is -2.38. The standard InChI is InChI=1S/C13H18N2O4S/c1-11-6-8-14(9-7-11)20(18,19)10-12-2-4-13(5-3-12)15(16)17/h2-5,11H,6-10H2,1H3. The van der Waals surface area contributed by atoms with Crippen LogP contribution in [0.2, 0.25) is 0 Å². The van der Waals surface area contributed by atoms with E-state index in [1.54, 1.807) is 0 Å². The summed E-state index contributed by atoms with van der Waals surface area (Å²) in [6, 6.07) is 5.68. The van der Waals surface area contributed by atoms with Crippen LogP contribution in [-0.2, 0) is 15.8 Å². The number of nitrogens with zero attached hydrogens (tertiary/aromatic N) is 2. The number of benzene rings is 1. The summed E-state index contributed by atoms with van der Waals surface area (Å²) >= 11 is 0. The first-order valence-corrected chi connectivity index (χ1v) is 8.20. The Bertz CT molecular complexity index is 575. The molecule has 1 aliphatic rings. The number of sulfonamides is 1. The van der Waals surface area contributed by atoms with Crippen molar-refractivity contribution in [1.29, 1.82) is 0 Å². The zero-order valence-electron chi connectivity index (χ0n) is 11.4.